The maximum Gasteiger partial charge on any atom is 0.0845 e. The van der Waals surface area contributed by atoms with E-state index in [-0.39, 0.29) is 6.04 Å². The van der Waals surface area contributed by atoms with Gasteiger partial charge >= 0.3 is 0 Å². The topological polar surface area (TPSA) is 24.9 Å². The summed E-state index contributed by atoms with van der Waals surface area (Å²) in [6, 6.07) is 8.32. The van der Waals surface area contributed by atoms with Crippen molar-refractivity contribution >= 4 is 22.9 Å². The van der Waals surface area contributed by atoms with Crippen LogP contribution in [0.4, 0.5) is 0 Å². The van der Waals surface area contributed by atoms with Crippen LogP contribution in [0.2, 0.25) is 5.02 Å². The van der Waals surface area contributed by atoms with E-state index in [4.69, 9.17) is 11.6 Å². The molecule has 0 aliphatic heterocycles. The van der Waals surface area contributed by atoms with Crippen molar-refractivity contribution in [2.45, 2.75) is 19.9 Å². The lowest BCUT2D eigenvalue weighted by Crippen LogP contribution is -2.21. The molecule has 0 aliphatic rings. The second-order valence-electron chi connectivity index (χ2n) is 3.84. The van der Waals surface area contributed by atoms with Gasteiger partial charge in [-0.3, -0.25) is 4.98 Å². The zero-order valence-corrected chi connectivity index (χ0v) is 11.5. The molecule has 0 fully saturated rings. The lowest BCUT2D eigenvalue weighted by Gasteiger charge is -2.15. The number of nitrogens with zero attached hydrogens (tertiary/aromatic N) is 1. The van der Waals surface area contributed by atoms with Gasteiger partial charge in [-0.25, -0.2) is 0 Å². The zero-order chi connectivity index (χ0) is 12.3. The summed E-state index contributed by atoms with van der Waals surface area (Å²) in [5.74, 6) is 0. The van der Waals surface area contributed by atoms with Crippen LogP contribution in [0.1, 0.15) is 28.4 Å². The molecule has 1 unspecified atom stereocenters. The number of thiophene rings is 1. The van der Waals surface area contributed by atoms with E-state index in [9.17, 15) is 0 Å². The molecule has 1 atom stereocenters. The molecular weight excluding hydrogens is 252 g/mol. The molecular formula is C13H15ClN2S. The maximum absolute atomic E-state index is 5.86. The summed E-state index contributed by atoms with van der Waals surface area (Å²) in [6.07, 6.45) is 1.70. The van der Waals surface area contributed by atoms with Crippen LogP contribution in [0, 0.1) is 6.92 Å². The van der Waals surface area contributed by atoms with Crippen LogP contribution in [-0.4, -0.2) is 11.5 Å². The van der Waals surface area contributed by atoms with Gasteiger partial charge in [-0.2, -0.15) is 0 Å². The molecule has 2 heterocycles. The fraction of sp³-hybridized carbons (Fsp3) is 0.308. The van der Waals surface area contributed by atoms with E-state index in [1.807, 2.05) is 12.1 Å². The van der Waals surface area contributed by atoms with Crippen LogP contribution >= 0.6 is 22.9 Å². The van der Waals surface area contributed by atoms with Gasteiger partial charge in [0.2, 0.25) is 0 Å². The normalized spacial score (nSPS) is 12.6. The number of nitrogens with one attached hydrogen (secondary N) is 1. The Morgan fingerprint density at radius 3 is 2.71 bits per heavy atom. The Morgan fingerprint density at radius 1 is 1.35 bits per heavy atom. The number of halogens is 1. The number of aryl methyl sites for hydroxylation is 1. The largest absolute Gasteiger partial charge is 0.305 e. The summed E-state index contributed by atoms with van der Waals surface area (Å²) in [7, 11) is 0. The van der Waals surface area contributed by atoms with Crippen LogP contribution in [-0.2, 0) is 0 Å². The van der Waals surface area contributed by atoms with Gasteiger partial charge in [-0.15, -0.1) is 11.3 Å². The fourth-order valence-electron chi connectivity index (χ4n) is 1.72. The summed E-state index contributed by atoms with van der Waals surface area (Å²) in [4.78, 5) is 7.00. The van der Waals surface area contributed by atoms with Crippen LogP contribution in [0.3, 0.4) is 0 Å². The van der Waals surface area contributed by atoms with Crippen LogP contribution in [0.25, 0.3) is 0 Å². The Morgan fingerprint density at radius 2 is 2.18 bits per heavy atom. The van der Waals surface area contributed by atoms with Crippen molar-refractivity contribution in [3.8, 4) is 0 Å². The lowest BCUT2D eigenvalue weighted by molar-refractivity contribution is 0.624. The van der Waals surface area contributed by atoms with E-state index in [0.717, 1.165) is 12.2 Å². The van der Waals surface area contributed by atoms with Crippen molar-refractivity contribution in [1.82, 2.24) is 10.3 Å². The number of aromatic nitrogens is 1. The molecule has 0 amide bonds. The molecule has 0 aliphatic carbocycles. The molecule has 2 aromatic rings. The van der Waals surface area contributed by atoms with Gasteiger partial charge in [0.1, 0.15) is 0 Å². The molecule has 90 valence electrons. The second kappa shape index (κ2) is 5.63. The third-order valence-electron chi connectivity index (χ3n) is 2.50. The molecule has 17 heavy (non-hydrogen) atoms. The van der Waals surface area contributed by atoms with Gasteiger partial charge in [0, 0.05) is 16.0 Å². The summed E-state index contributed by atoms with van der Waals surface area (Å²) >= 11 is 7.66. The Balaban J connectivity index is 2.31. The summed E-state index contributed by atoms with van der Waals surface area (Å²) in [6.45, 7) is 5.13. The van der Waals surface area contributed by atoms with Gasteiger partial charge in [0.15, 0.2) is 0 Å². The predicted molar refractivity (Wildman–Crippen MR) is 73.8 cm³/mol. The highest BCUT2D eigenvalue weighted by molar-refractivity contribution is 7.12. The lowest BCUT2D eigenvalue weighted by atomic mass is 10.1. The Bertz CT molecular complexity index is 478. The Kier molecular flexibility index (Phi) is 4.15. The minimum atomic E-state index is 0.163. The van der Waals surface area contributed by atoms with Crippen LogP contribution in [0.15, 0.2) is 30.5 Å². The first-order valence-corrected chi connectivity index (χ1v) is 6.81. The van der Waals surface area contributed by atoms with Crippen molar-refractivity contribution in [2.24, 2.45) is 0 Å². The van der Waals surface area contributed by atoms with Crippen molar-refractivity contribution in [1.29, 1.82) is 0 Å². The first-order chi connectivity index (χ1) is 8.20. The third-order valence-corrected chi connectivity index (χ3v) is 3.79. The second-order valence-corrected chi connectivity index (χ2v) is 5.60. The number of rotatable bonds is 4. The molecule has 2 nitrogen and oxygen atoms in total. The molecule has 0 saturated carbocycles. The standard InChI is InChI=1S/C13H15ClN2S/c1-3-15-13(12-7-4-9(2)17-12)11-6-5-10(14)8-16-11/h4-8,13,15H,3H2,1-2H3. The molecule has 2 aromatic heterocycles. The molecule has 0 bridgehead atoms. The van der Waals surface area contributed by atoms with Crippen molar-refractivity contribution in [2.75, 3.05) is 6.54 Å². The first kappa shape index (κ1) is 12.6. The van der Waals surface area contributed by atoms with E-state index in [1.165, 1.54) is 9.75 Å². The molecule has 0 spiro atoms. The third kappa shape index (κ3) is 3.06. The smallest absolute Gasteiger partial charge is 0.0845 e. The molecule has 4 heteroatoms. The van der Waals surface area contributed by atoms with Gasteiger partial charge in [0.05, 0.1) is 16.8 Å². The van der Waals surface area contributed by atoms with Gasteiger partial charge < -0.3 is 5.32 Å². The van der Waals surface area contributed by atoms with Gasteiger partial charge in [-0.05, 0) is 37.7 Å². The molecule has 0 radical (unpaired) electrons. The van der Waals surface area contributed by atoms with E-state index in [1.54, 1.807) is 17.5 Å². The van der Waals surface area contributed by atoms with E-state index in [2.05, 4.69) is 36.3 Å². The van der Waals surface area contributed by atoms with E-state index >= 15 is 0 Å². The minimum Gasteiger partial charge on any atom is -0.305 e. The van der Waals surface area contributed by atoms with Gasteiger partial charge in [-0.1, -0.05) is 18.5 Å². The molecule has 0 aromatic carbocycles. The number of hydrogen-bond donors (Lipinski definition) is 1. The quantitative estimate of drug-likeness (QED) is 0.910. The fourth-order valence-corrected chi connectivity index (χ4v) is 2.80. The average molecular weight is 267 g/mol. The first-order valence-electron chi connectivity index (χ1n) is 5.62. The van der Waals surface area contributed by atoms with Crippen LogP contribution < -0.4 is 5.32 Å². The summed E-state index contributed by atoms with van der Waals surface area (Å²) in [5.41, 5.74) is 1.01. The summed E-state index contributed by atoms with van der Waals surface area (Å²) < 4.78 is 0. The van der Waals surface area contributed by atoms with E-state index < -0.39 is 0 Å². The number of pyridine rings is 1. The Labute approximate surface area is 111 Å². The van der Waals surface area contributed by atoms with Gasteiger partial charge in [0.25, 0.3) is 0 Å². The van der Waals surface area contributed by atoms with Crippen molar-refractivity contribution < 1.29 is 0 Å². The highest BCUT2D eigenvalue weighted by atomic mass is 35.5. The zero-order valence-electron chi connectivity index (χ0n) is 9.90. The summed E-state index contributed by atoms with van der Waals surface area (Å²) in [5, 5.41) is 4.13. The van der Waals surface area contributed by atoms with E-state index in [0.29, 0.717) is 5.02 Å². The average Bonchev–Trinajstić information content (AvgIpc) is 2.74. The predicted octanol–water partition coefficient (Wildman–Crippen LogP) is 3.80. The maximum atomic E-state index is 5.86. The highest BCUT2D eigenvalue weighted by Gasteiger charge is 2.15. The molecule has 2 rings (SSSR count). The van der Waals surface area contributed by atoms with Crippen molar-refractivity contribution in [3.05, 3.63) is 50.9 Å². The SMILES string of the molecule is CCNC(c1ccc(Cl)cn1)c1ccc(C)s1. The highest BCUT2D eigenvalue weighted by Crippen LogP contribution is 2.27. The molecule has 1 N–H and O–H groups in total. The monoisotopic (exact) mass is 266 g/mol. The van der Waals surface area contributed by atoms with Crippen LogP contribution in [0.5, 0.6) is 0 Å². The Hall–Kier alpha value is -0.900. The number of hydrogen-bond acceptors (Lipinski definition) is 3. The molecule has 0 saturated heterocycles. The minimum absolute atomic E-state index is 0.163. The van der Waals surface area contributed by atoms with Crippen molar-refractivity contribution in [3.63, 3.8) is 0 Å².